The van der Waals surface area contributed by atoms with E-state index in [9.17, 15) is 4.79 Å². The molecule has 3 aromatic rings. The van der Waals surface area contributed by atoms with Crippen LogP contribution in [0.2, 0.25) is 0 Å². The molecule has 0 aliphatic carbocycles. The maximum absolute atomic E-state index is 12.9. The van der Waals surface area contributed by atoms with E-state index in [0.29, 0.717) is 25.4 Å². The standard InChI is InChI=1S/C23H29N5O/c1-16(2)17-7-4-6-10-22(17)27-11-13-28(14-12-27)23(29)19(24)15-21-18-8-3-5-9-20(18)25-26-21/h3-10,16,19H,11-15,24H2,1-2H3,(H,25,26). The van der Waals surface area contributed by atoms with Crippen LogP contribution in [-0.4, -0.2) is 53.2 Å². The van der Waals surface area contributed by atoms with Crippen molar-refractivity contribution in [2.45, 2.75) is 32.2 Å². The van der Waals surface area contributed by atoms with Crippen LogP contribution in [-0.2, 0) is 11.2 Å². The molecule has 4 rings (SSSR count). The topological polar surface area (TPSA) is 78.2 Å². The van der Waals surface area contributed by atoms with E-state index in [4.69, 9.17) is 5.73 Å². The van der Waals surface area contributed by atoms with E-state index in [1.807, 2.05) is 29.2 Å². The molecular weight excluding hydrogens is 362 g/mol. The lowest BCUT2D eigenvalue weighted by Gasteiger charge is -2.38. The average Bonchev–Trinajstić information content (AvgIpc) is 3.16. The van der Waals surface area contributed by atoms with E-state index >= 15 is 0 Å². The fraction of sp³-hybridized carbons (Fsp3) is 0.391. The van der Waals surface area contributed by atoms with Crippen molar-refractivity contribution in [3.05, 3.63) is 59.8 Å². The maximum atomic E-state index is 12.9. The van der Waals surface area contributed by atoms with Gasteiger partial charge in [0.1, 0.15) is 0 Å². The third kappa shape index (κ3) is 3.98. The first kappa shape index (κ1) is 19.5. The highest BCUT2D eigenvalue weighted by Crippen LogP contribution is 2.28. The fourth-order valence-electron chi connectivity index (χ4n) is 4.14. The second-order valence-corrected chi connectivity index (χ2v) is 8.06. The largest absolute Gasteiger partial charge is 0.368 e. The minimum atomic E-state index is -0.562. The number of hydrogen-bond donors (Lipinski definition) is 2. The van der Waals surface area contributed by atoms with Crippen molar-refractivity contribution in [2.75, 3.05) is 31.1 Å². The lowest BCUT2D eigenvalue weighted by Crippen LogP contribution is -2.53. The molecule has 152 valence electrons. The van der Waals surface area contributed by atoms with Gasteiger partial charge in [0.25, 0.3) is 0 Å². The Kier molecular flexibility index (Phi) is 5.53. The smallest absolute Gasteiger partial charge is 0.240 e. The molecule has 0 saturated carbocycles. The van der Waals surface area contributed by atoms with Crippen molar-refractivity contribution in [2.24, 2.45) is 5.73 Å². The van der Waals surface area contributed by atoms with Crippen LogP contribution in [0.1, 0.15) is 31.0 Å². The van der Waals surface area contributed by atoms with Crippen LogP contribution in [0.3, 0.4) is 0 Å². The number of aromatic nitrogens is 2. The third-order valence-corrected chi connectivity index (χ3v) is 5.77. The molecule has 1 aliphatic heterocycles. The fourth-order valence-corrected chi connectivity index (χ4v) is 4.14. The first-order chi connectivity index (χ1) is 14.0. The summed E-state index contributed by atoms with van der Waals surface area (Å²) in [6.45, 7) is 7.49. The molecule has 6 nitrogen and oxygen atoms in total. The van der Waals surface area contributed by atoms with Crippen molar-refractivity contribution in [3.8, 4) is 0 Å². The predicted octanol–water partition coefficient (Wildman–Crippen LogP) is 2.90. The van der Waals surface area contributed by atoms with Gasteiger partial charge in [0, 0.05) is 49.4 Å². The second kappa shape index (κ2) is 8.25. The number of piperazine rings is 1. The molecule has 1 aromatic heterocycles. The zero-order chi connectivity index (χ0) is 20.4. The Morgan fingerprint density at radius 2 is 1.76 bits per heavy atom. The highest BCUT2D eigenvalue weighted by molar-refractivity contribution is 5.85. The van der Waals surface area contributed by atoms with E-state index < -0.39 is 6.04 Å². The van der Waals surface area contributed by atoms with Crippen molar-refractivity contribution < 1.29 is 4.79 Å². The Morgan fingerprint density at radius 3 is 2.52 bits per heavy atom. The molecule has 2 heterocycles. The third-order valence-electron chi connectivity index (χ3n) is 5.77. The van der Waals surface area contributed by atoms with E-state index in [-0.39, 0.29) is 5.91 Å². The van der Waals surface area contributed by atoms with Crippen LogP contribution in [0, 0.1) is 0 Å². The summed E-state index contributed by atoms with van der Waals surface area (Å²) in [5.74, 6) is 0.490. The number of H-pyrrole nitrogens is 1. The Bertz CT molecular complexity index is 988. The summed E-state index contributed by atoms with van der Waals surface area (Å²) < 4.78 is 0. The summed E-state index contributed by atoms with van der Waals surface area (Å²) in [7, 11) is 0. The van der Waals surface area contributed by atoms with Crippen molar-refractivity contribution >= 4 is 22.5 Å². The highest BCUT2D eigenvalue weighted by atomic mass is 16.2. The molecule has 1 unspecified atom stereocenters. The van der Waals surface area contributed by atoms with Gasteiger partial charge in [0.05, 0.1) is 11.6 Å². The van der Waals surface area contributed by atoms with E-state index in [1.165, 1.54) is 11.3 Å². The molecule has 6 heteroatoms. The van der Waals surface area contributed by atoms with Crippen LogP contribution >= 0.6 is 0 Å². The number of amides is 1. The van der Waals surface area contributed by atoms with Crippen molar-refractivity contribution in [1.29, 1.82) is 0 Å². The van der Waals surface area contributed by atoms with Crippen LogP contribution in [0.15, 0.2) is 48.5 Å². The van der Waals surface area contributed by atoms with Crippen LogP contribution in [0.25, 0.3) is 10.9 Å². The van der Waals surface area contributed by atoms with Gasteiger partial charge in [-0.3, -0.25) is 9.89 Å². The molecule has 1 fully saturated rings. The van der Waals surface area contributed by atoms with E-state index in [2.05, 4.69) is 53.2 Å². The Balaban J connectivity index is 1.39. The number of para-hydroxylation sites is 2. The molecule has 29 heavy (non-hydrogen) atoms. The molecule has 2 aromatic carbocycles. The van der Waals surface area contributed by atoms with Crippen molar-refractivity contribution in [1.82, 2.24) is 15.1 Å². The summed E-state index contributed by atoms with van der Waals surface area (Å²) in [5.41, 5.74) is 10.7. The lowest BCUT2D eigenvalue weighted by molar-refractivity contribution is -0.132. The Hall–Kier alpha value is -2.86. The first-order valence-electron chi connectivity index (χ1n) is 10.3. The summed E-state index contributed by atoms with van der Waals surface area (Å²) >= 11 is 0. The normalized spacial score (nSPS) is 15.9. The molecule has 0 spiro atoms. The van der Waals surface area contributed by atoms with Gasteiger partial charge in [0.2, 0.25) is 5.91 Å². The number of aromatic amines is 1. The molecule has 1 aliphatic rings. The number of nitrogens with zero attached hydrogens (tertiary/aromatic N) is 3. The number of benzene rings is 2. The summed E-state index contributed by atoms with van der Waals surface area (Å²) in [5, 5.41) is 8.37. The predicted molar refractivity (Wildman–Crippen MR) is 117 cm³/mol. The molecule has 0 bridgehead atoms. The number of carbonyl (C=O) groups excluding carboxylic acids is 1. The molecule has 0 radical (unpaired) electrons. The van der Waals surface area contributed by atoms with Crippen LogP contribution < -0.4 is 10.6 Å². The number of anilines is 1. The van der Waals surface area contributed by atoms with Gasteiger partial charge >= 0.3 is 0 Å². The second-order valence-electron chi connectivity index (χ2n) is 8.06. The molecule has 1 atom stereocenters. The number of rotatable bonds is 5. The number of nitrogens with two attached hydrogens (primary N) is 1. The van der Waals surface area contributed by atoms with Gasteiger partial charge in [-0.05, 0) is 23.6 Å². The Morgan fingerprint density at radius 1 is 1.07 bits per heavy atom. The zero-order valence-electron chi connectivity index (χ0n) is 17.1. The zero-order valence-corrected chi connectivity index (χ0v) is 17.1. The van der Waals surface area contributed by atoms with E-state index in [1.54, 1.807) is 0 Å². The van der Waals surface area contributed by atoms with Gasteiger partial charge < -0.3 is 15.5 Å². The molecular formula is C23H29N5O. The van der Waals surface area contributed by atoms with Crippen LogP contribution in [0.5, 0.6) is 0 Å². The summed E-state index contributed by atoms with van der Waals surface area (Å²) in [6.07, 6.45) is 0.468. The van der Waals surface area contributed by atoms with E-state index in [0.717, 1.165) is 29.7 Å². The molecule has 1 amide bonds. The molecule has 1 saturated heterocycles. The number of fused-ring (bicyclic) bond motifs is 1. The quantitative estimate of drug-likeness (QED) is 0.701. The monoisotopic (exact) mass is 391 g/mol. The minimum absolute atomic E-state index is 0.0143. The van der Waals surface area contributed by atoms with Gasteiger partial charge in [0.15, 0.2) is 0 Å². The van der Waals surface area contributed by atoms with Gasteiger partial charge in [-0.15, -0.1) is 0 Å². The van der Waals surface area contributed by atoms with Gasteiger partial charge in [-0.25, -0.2) is 0 Å². The SMILES string of the molecule is CC(C)c1ccccc1N1CCN(C(=O)C(N)Cc2[nH]nc3ccccc23)CC1. The number of hydrogen-bond acceptors (Lipinski definition) is 4. The first-order valence-corrected chi connectivity index (χ1v) is 10.3. The van der Waals surface area contributed by atoms with Gasteiger partial charge in [-0.1, -0.05) is 50.2 Å². The van der Waals surface area contributed by atoms with Gasteiger partial charge in [-0.2, -0.15) is 5.10 Å². The number of nitrogens with one attached hydrogen (secondary N) is 1. The molecule has 3 N–H and O–H groups in total. The lowest BCUT2D eigenvalue weighted by atomic mass is 10.00. The Labute approximate surface area is 171 Å². The minimum Gasteiger partial charge on any atom is -0.368 e. The van der Waals surface area contributed by atoms with Crippen molar-refractivity contribution in [3.63, 3.8) is 0 Å². The maximum Gasteiger partial charge on any atom is 0.240 e. The average molecular weight is 392 g/mol. The van der Waals surface area contributed by atoms with Crippen LogP contribution in [0.4, 0.5) is 5.69 Å². The summed E-state index contributed by atoms with van der Waals surface area (Å²) in [6, 6.07) is 15.9. The summed E-state index contributed by atoms with van der Waals surface area (Å²) in [4.78, 5) is 17.2. The highest BCUT2D eigenvalue weighted by Gasteiger charge is 2.27. The number of carbonyl (C=O) groups is 1.